The number of aromatic amines is 1. The van der Waals surface area contributed by atoms with E-state index in [-0.39, 0.29) is 17.5 Å². The number of carbonyl (C=O) groups excluding carboxylic acids is 1. The number of hydrogen-bond acceptors (Lipinski definition) is 5. The summed E-state index contributed by atoms with van der Waals surface area (Å²) in [6.45, 7) is 0. The molecule has 0 fully saturated rings. The van der Waals surface area contributed by atoms with E-state index in [0.29, 0.717) is 17.1 Å². The highest BCUT2D eigenvalue weighted by Crippen LogP contribution is 2.31. The fourth-order valence-corrected chi connectivity index (χ4v) is 2.29. The van der Waals surface area contributed by atoms with Gasteiger partial charge in [0.25, 0.3) is 5.91 Å². The monoisotopic (exact) mass is 346 g/mol. The van der Waals surface area contributed by atoms with Crippen molar-refractivity contribution in [1.82, 2.24) is 10.3 Å². The molecule has 1 unspecified atom stereocenters. The first-order valence-electron chi connectivity index (χ1n) is 7.38. The van der Waals surface area contributed by atoms with Crippen LogP contribution in [0.4, 0.5) is 0 Å². The zero-order valence-electron chi connectivity index (χ0n) is 13.7. The van der Waals surface area contributed by atoms with Crippen LogP contribution in [0.15, 0.2) is 41.3 Å². The maximum absolute atomic E-state index is 12.3. The molecule has 2 rings (SSSR count). The minimum Gasteiger partial charge on any atom is -0.493 e. The summed E-state index contributed by atoms with van der Waals surface area (Å²) < 4.78 is 10.4. The second-order valence-corrected chi connectivity index (χ2v) is 5.18. The van der Waals surface area contributed by atoms with Crippen molar-refractivity contribution in [2.24, 2.45) is 0 Å². The lowest BCUT2D eigenvalue weighted by atomic mass is 10.0. The van der Waals surface area contributed by atoms with Gasteiger partial charge in [0.2, 0.25) is 5.56 Å². The van der Waals surface area contributed by atoms with E-state index in [2.05, 4.69) is 10.3 Å². The molecule has 8 heteroatoms. The number of ether oxygens (including phenoxy) is 2. The van der Waals surface area contributed by atoms with Crippen LogP contribution in [0.2, 0.25) is 0 Å². The lowest BCUT2D eigenvalue weighted by Gasteiger charge is -2.19. The Kier molecular flexibility index (Phi) is 5.78. The van der Waals surface area contributed by atoms with Gasteiger partial charge in [0.15, 0.2) is 11.5 Å². The summed E-state index contributed by atoms with van der Waals surface area (Å²) in [5.74, 6) is -0.653. The molecule has 0 spiro atoms. The van der Waals surface area contributed by atoms with Gasteiger partial charge in [0, 0.05) is 12.3 Å². The molecule has 132 valence electrons. The summed E-state index contributed by atoms with van der Waals surface area (Å²) in [6.07, 6.45) is 0.953. The molecular weight excluding hydrogens is 328 g/mol. The average molecular weight is 346 g/mol. The van der Waals surface area contributed by atoms with Crippen LogP contribution in [0.25, 0.3) is 0 Å². The standard InChI is InChI=1S/C17H18N2O6/c1-24-13-5-3-10(7-14(13)25-2)12(8-16(21)22)19-17(23)11-4-6-15(20)18-9-11/h3-7,9,12H,8H2,1-2H3,(H,18,20)(H,19,23)(H,21,22). The Morgan fingerprint density at radius 3 is 2.44 bits per heavy atom. The van der Waals surface area contributed by atoms with Crippen molar-refractivity contribution in [2.75, 3.05) is 14.2 Å². The number of rotatable bonds is 7. The van der Waals surface area contributed by atoms with Crippen molar-refractivity contribution < 1.29 is 24.2 Å². The molecule has 8 nitrogen and oxygen atoms in total. The zero-order chi connectivity index (χ0) is 18.4. The molecule has 25 heavy (non-hydrogen) atoms. The van der Waals surface area contributed by atoms with Gasteiger partial charge in [-0.1, -0.05) is 6.07 Å². The third-order valence-electron chi connectivity index (χ3n) is 3.54. The van der Waals surface area contributed by atoms with Crippen LogP contribution < -0.4 is 20.3 Å². The molecule has 1 aromatic carbocycles. The fourth-order valence-electron chi connectivity index (χ4n) is 2.29. The van der Waals surface area contributed by atoms with Crippen LogP contribution in [0.5, 0.6) is 11.5 Å². The number of aliphatic carboxylic acids is 1. The van der Waals surface area contributed by atoms with Gasteiger partial charge in [-0.25, -0.2) is 0 Å². The Balaban J connectivity index is 2.29. The third-order valence-corrected chi connectivity index (χ3v) is 3.54. The summed E-state index contributed by atoms with van der Waals surface area (Å²) >= 11 is 0. The van der Waals surface area contributed by atoms with Crippen molar-refractivity contribution in [3.8, 4) is 11.5 Å². The molecule has 0 aliphatic carbocycles. The van der Waals surface area contributed by atoms with Crippen molar-refractivity contribution in [3.05, 3.63) is 58.0 Å². The van der Waals surface area contributed by atoms with E-state index in [1.54, 1.807) is 18.2 Å². The predicted molar refractivity (Wildman–Crippen MR) is 89.1 cm³/mol. The molecule has 1 atom stereocenters. The van der Waals surface area contributed by atoms with Crippen molar-refractivity contribution in [1.29, 1.82) is 0 Å². The van der Waals surface area contributed by atoms with Gasteiger partial charge < -0.3 is 24.9 Å². The Labute approximate surface area is 143 Å². The Hall–Kier alpha value is -3.29. The highest BCUT2D eigenvalue weighted by atomic mass is 16.5. The number of benzene rings is 1. The van der Waals surface area contributed by atoms with Gasteiger partial charge in [-0.2, -0.15) is 0 Å². The largest absolute Gasteiger partial charge is 0.493 e. The van der Waals surface area contributed by atoms with Crippen LogP contribution in [0, 0.1) is 0 Å². The van der Waals surface area contributed by atoms with Crippen molar-refractivity contribution in [2.45, 2.75) is 12.5 Å². The predicted octanol–water partition coefficient (Wildman–Crippen LogP) is 1.34. The summed E-state index contributed by atoms with van der Waals surface area (Å²) in [5, 5.41) is 11.8. The van der Waals surface area contributed by atoms with Crippen LogP contribution in [-0.4, -0.2) is 36.2 Å². The van der Waals surface area contributed by atoms with Gasteiger partial charge in [0.05, 0.1) is 32.2 Å². The Bertz CT molecular complexity index is 810. The van der Waals surface area contributed by atoms with Crippen molar-refractivity contribution in [3.63, 3.8) is 0 Å². The van der Waals surface area contributed by atoms with Crippen LogP contribution in [-0.2, 0) is 4.79 Å². The van der Waals surface area contributed by atoms with Crippen molar-refractivity contribution >= 4 is 11.9 Å². The lowest BCUT2D eigenvalue weighted by Crippen LogP contribution is -2.30. The summed E-state index contributed by atoms with van der Waals surface area (Å²) in [5.41, 5.74) is 0.437. The quantitative estimate of drug-likeness (QED) is 0.696. The number of carboxylic acids is 1. The third kappa shape index (κ3) is 4.60. The number of H-pyrrole nitrogens is 1. The highest BCUT2D eigenvalue weighted by Gasteiger charge is 2.20. The fraction of sp³-hybridized carbons (Fsp3) is 0.235. The molecule has 0 aliphatic heterocycles. The topological polar surface area (TPSA) is 118 Å². The normalized spacial score (nSPS) is 11.4. The molecule has 3 N–H and O–H groups in total. The van der Waals surface area contributed by atoms with E-state index in [9.17, 15) is 14.4 Å². The molecule has 0 bridgehead atoms. The van der Waals surface area contributed by atoms with Crippen LogP contribution in [0.1, 0.15) is 28.4 Å². The first-order chi connectivity index (χ1) is 11.9. The second-order valence-electron chi connectivity index (χ2n) is 5.18. The first-order valence-corrected chi connectivity index (χ1v) is 7.38. The maximum atomic E-state index is 12.3. The summed E-state index contributed by atoms with van der Waals surface area (Å²) in [7, 11) is 2.96. The first kappa shape index (κ1) is 18.1. The van der Waals surface area contributed by atoms with E-state index in [1.807, 2.05) is 0 Å². The van der Waals surface area contributed by atoms with E-state index < -0.39 is 17.9 Å². The lowest BCUT2D eigenvalue weighted by molar-refractivity contribution is -0.137. The molecule has 1 aromatic heterocycles. The maximum Gasteiger partial charge on any atom is 0.305 e. The van der Waals surface area contributed by atoms with Crippen LogP contribution in [0.3, 0.4) is 0 Å². The molecule has 0 radical (unpaired) electrons. The van der Waals surface area contributed by atoms with Gasteiger partial charge in [0.1, 0.15) is 0 Å². The van der Waals surface area contributed by atoms with Gasteiger partial charge in [-0.3, -0.25) is 14.4 Å². The second kappa shape index (κ2) is 8.00. The molecule has 0 saturated heterocycles. The summed E-state index contributed by atoms with van der Waals surface area (Å²) in [6, 6.07) is 6.70. The number of carbonyl (C=O) groups is 2. The zero-order valence-corrected chi connectivity index (χ0v) is 13.7. The molecule has 1 heterocycles. The van der Waals surface area contributed by atoms with E-state index >= 15 is 0 Å². The average Bonchev–Trinajstić information content (AvgIpc) is 2.60. The van der Waals surface area contributed by atoms with Gasteiger partial charge >= 0.3 is 5.97 Å². The number of hydrogen-bond donors (Lipinski definition) is 3. The molecule has 0 saturated carbocycles. The van der Waals surface area contributed by atoms with Gasteiger partial charge in [-0.15, -0.1) is 0 Å². The molecule has 0 aliphatic rings. The molecular formula is C17H18N2O6. The van der Waals surface area contributed by atoms with E-state index in [0.717, 1.165) is 0 Å². The van der Waals surface area contributed by atoms with Gasteiger partial charge in [-0.05, 0) is 23.8 Å². The smallest absolute Gasteiger partial charge is 0.305 e. The highest BCUT2D eigenvalue weighted by molar-refractivity contribution is 5.94. The number of nitrogens with one attached hydrogen (secondary N) is 2. The number of aromatic nitrogens is 1. The number of carboxylic acid groups (broad SMARTS) is 1. The summed E-state index contributed by atoms with van der Waals surface area (Å²) in [4.78, 5) is 37.0. The van der Waals surface area contributed by atoms with Crippen LogP contribution >= 0.6 is 0 Å². The van der Waals surface area contributed by atoms with E-state index in [1.165, 1.54) is 32.5 Å². The molecule has 2 aromatic rings. The SMILES string of the molecule is COc1ccc(C(CC(=O)O)NC(=O)c2ccc(=O)[nH]c2)cc1OC. The van der Waals surface area contributed by atoms with E-state index in [4.69, 9.17) is 14.6 Å². The number of amides is 1. The minimum atomic E-state index is -1.07. The minimum absolute atomic E-state index is 0.218. The number of pyridine rings is 1. The Morgan fingerprint density at radius 1 is 1.16 bits per heavy atom. The Morgan fingerprint density at radius 2 is 1.88 bits per heavy atom. The molecule has 1 amide bonds. The number of methoxy groups -OCH3 is 2.